The van der Waals surface area contributed by atoms with Gasteiger partial charge in [0, 0.05) is 23.5 Å². The van der Waals surface area contributed by atoms with E-state index < -0.39 is 5.92 Å². The Morgan fingerprint density at radius 1 is 0.893 bits per heavy atom. The summed E-state index contributed by atoms with van der Waals surface area (Å²) >= 11 is 1.59. The molecule has 1 aromatic heterocycles. The van der Waals surface area contributed by atoms with E-state index in [9.17, 15) is 14.0 Å². The maximum absolute atomic E-state index is 13.3. The molecule has 28 heavy (non-hydrogen) atoms. The number of benzene rings is 2. The predicted octanol–water partition coefficient (Wildman–Crippen LogP) is 3.76. The first-order valence-electron chi connectivity index (χ1n) is 9.02. The second kappa shape index (κ2) is 9.80. The number of carbonyl (C=O) groups excluding carboxylic acids is 2. The van der Waals surface area contributed by atoms with Crippen molar-refractivity contribution < 1.29 is 14.0 Å². The summed E-state index contributed by atoms with van der Waals surface area (Å²) < 4.78 is 13.3. The Hall–Kier alpha value is -2.99. The van der Waals surface area contributed by atoms with Gasteiger partial charge >= 0.3 is 0 Å². The quantitative estimate of drug-likeness (QED) is 0.570. The molecule has 6 heteroatoms. The molecule has 1 heterocycles. The largest absolute Gasteiger partial charge is 0.354 e. The minimum Gasteiger partial charge on any atom is -0.354 e. The molecule has 0 radical (unpaired) electrons. The SMILES string of the molecule is O=C(NCCNC(=O)C(Cc1cccs1)c1ccc(F)cc1)c1ccccc1. The van der Waals surface area contributed by atoms with Gasteiger partial charge in [-0.1, -0.05) is 36.4 Å². The van der Waals surface area contributed by atoms with Crippen LogP contribution in [0.15, 0.2) is 72.1 Å². The molecule has 3 aromatic rings. The molecule has 3 rings (SSSR count). The molecular formula is C22H21FN2O2S. The zero-order chi connectivity index (χ0) is 19.8. The monoisotopic (exact) mass is 396 g/mol. The van der Waals surface area contributed by atoms with Crippen molar-refractivity contribution >= 4 is 23.2 Å². The molecule has 1 unspecified atom stereocenters. The van der Waals surface area contributed by atoms with E-state index in [-0.39, 0.29) is 17.6 Å². The average molecular weight is 396 g/mol. The summed E-state index contributed by atoms with van der Waals surface area (Å²) in [6.07, 6.45) is 0.547. The van der Waals surface area contributed by atoms with E-state index in [1.807, 2.05) is 23.6 Å². The summed E-state index contributed by atoms with van der Waals surface area (Å²) in [5.41, 5.74) is 1.34. The first-order valence-corrected chi connectivity index (χ1v) is 9.90. The van der Waals surface area contributed by atoms with Crippen LogP contribution in [0.25, 0.3) is 0 Å². The molecule has 2 aromatic carbocycles. The van der Waals surface area contributed by atoms with Gasteiger partial charge in [0.1, 0.15) is 5.82 Å². The van der Waals surface area contributed by atoms with Gasteiger partial charge < -0.3 is 10.6 Å². The van der Waals surface area contributed by atoms with Crippen LogP contribution in [-0.2, 0) is 11.2 Å². The molecule has 144 valence electrons. The summed E-state index contributed by atoms with van der Waals surface area (Å²) in [4.78, 5) is 25.9. The molecule has 0 aliphatic carbocycles. The maximum atomic E-state index is 13.3. The van der Waals surface area contributed by atoms with E-state index in [2.05, 4.69) is 10.6 Å². The van der Waals surface area contributed by atoms with E-state index in [1.54, 1.807) is 47.7 Å². The van der Waals surface area contributed by atoms with E-state index in [4.69, 9.17) is 0 Å². The molecule has 0 bridgehead atoms. The number of carbonyl (C=O) groups is 2. The van der Waals surface area contributed by atoms with Gasteiger partial charge in [0.25, 0.3) is 5.91 Å². The number of halogens is 1. The van der Waals surface area contributed by atoms with Crippen LogP contribution in [0.5, 0.6) is 0 Å². The van der Waals surface area contributed by atoms with Gasteiger partial charge in [-0.15, -0.1) is 11.3 Å². The number of rotatable bonds is 8. The number of nitrogens with one attached hydrogen (secondary N) is 2. The zero-order valence-electron chi connectivity index (χ0n) is 15.2. The number of thiophene rings is 1. The summed E-state index contributed by atoms with van der Waals surface area (Å²) in [6, 6.07) is 18.9. The van der Waals surface area contributed by atoms with Crippen molar-refractivity contribution in [3.8, 4) is 0 Å². The molecule has 0 spiro atoms. The van der Waals surface area contributed by atoms with Gasteiger partial charge in [-0.2, -0.15) is 0 Å². The van der Waals surface area contributed by atoms with Crippen molar-refractivity contribution in [3.05, 3.63) is 93.9 Å². The number of amides is 2. The Morgan fingerprint density at radius 2 is 1.61 bits per heavy atom. The first-order chi connectivity index (χ1) is 13.6. The van der Waals surface area contributed by atoms with Crippen LogP contribution in [0.2, 0.25) is 0 Å². The van der Waals surface area contributed by atoms with Gasteiger partial charge in [-0.3, -0.25) is 9.59 Å². The average Bonchev–Trinajstić information content (AvgIpc) is 3.24. The van der Waals surface area contributed by atoms with Gasteiger partial charge in [0.15, 0.2) is 0 Å². The summed E-state index contributed by atoms with van der Waals surface area (Å²) in [5.74, 6) is -1.07. The van der Waals surface area contributed by atoms with Crippen LogP contribution < -0.4 is 10.6 Å². The van der Waals surface area contributed by atoms with E-state index >= 15 is 0 Å². The van der Waals surface area contributed by atoms with Crippen LogP contribution in [0.4, 0.5) is 4.39 Å². The van der Waals surface area contributed by atoms with Crippen LogP contribution in [0, 0.1) is 5.82 Å². The molecule has 1 atom stereocenters. The van der Waals surface area contributed by atoms with Crippen LogP contribution >= 0.6 is 11.3 Å². The normalized spacial score (nSPS) is 11.6. The third kappa shape index (κ3) is 5.50. The molecular weight excluding hydrogens is 375 g/mol. The Morgan fingerprint density at radius 3 is 2.29 bits per heavy atom. The molecule has 2 amide bonds. The minimum absolute atomic E-state index is 0.144. The zero-order valence-corrected chi connectivity index (χ0v) is 16.0. The van der Waals surface area contributed by atoms with Gasteiger partial charge in [0.2, 0.25) is 5.91 Å². The van der Waals surface area contributed by atoms with Gasteiger partial charge in [-0.25, -0.2) is 4.39 Å². The minimum atomic E-state index is -0.413. The Labute approximate surface area is 167 Å². The lowest BCUT2D eigenvalue weighted by atomic mass is 9.94. The fraction of sp³-hybridized carbons (Fsp3) is 0.182. The van der Waals surface area contributed by atoms with E-state index in [0.717, 1.165) is 10.4 Å². The lowest BCUT2D eigenvalue weighted by molar-refractivity contribution is -0.122. The van der Waals surface area contributed by atoms with Crippen molar-refractivity contribution in [1.29, 1.82) is 0 Å². The van der Waals surface area contributed by atoms with Crippen LogP contribution in [0.3, 0.4) is 0 Å². The van der Waals surface area contributed by atoms with Crippen molar-refractivity contribution in [2.45, 2.75) is 12.3 Å². The Kier molecular flexibility index (Phi) is 6.92. The molecule has 0 aliphatic heterocycles. The predicted molar refractivity (Wildman–Crippen MR) is 109 cm³/mol. The van der Waals surface area contributed by atoms with Crippen LogP contribution in [0.1, 0.15) is 26.7 Å². The second-order valence-electron chi connectivity index (χ2n) is 6.30. The number of hydrogen-bond acceptors (Lipinski definition) is 3. The van der Waals surface area contributed by atoms with Gasteiger partial charge in [-0.05, 0) is 47.7 Å². The highest BCUT2D eigenvalue weighted by Crippen LogP contribution is 2.24. The van der Waals surface area contributed by atoms with Crippen molar-refractivity contribution in [2.24, 2.45) is 0 Å². The third-order valence-electron chi connectivity index (χ3n) is 4.32. The van der Waals surface area contributed by atoms with E-state index in [0.29, 0.717) is 25.1 Å². The summed E-state index contributed by atoms with van der Waals surface area (Å²) in [5, 5.41) is 7.62. The Bertz CT molecular complexity index is 896. The third-order valence-corrected chi connectivity index (χ3v) is 5.22. The highest BCUT2D eigenvalue weighted by atomic mass is 32.1. The lowest BCUT2D eigenvalue weighted by Gasteiger charge is -2.17. The molecule has 2 N–H and O–H groups in total. The number of hydrogen-bond donors (Lipinski definition) is 2. The van der Waals surface area contributed by atoms with Crippen molar-refractivity contribution in [3.63, 3.8) is 0 Å². The fourth-order valence-electron chi connectivity index (χ4n) is 2.86. The molecule has 0 saturated heterocycles. The summed E-state index contributed by atoms with van der Waals surface area (Å²) in [7, 11) is 0. The molecule has 0 fully saturated rings. The topological polar surface area (TPSA) is 58.2 Å². The highest BCUT2D eigenvalue weighted by molar-refractivity contribution is 7.09. The smallest absolute Gasteiger partial charge is 0.251 e. The summed E-state index contributed by atoms with van der Waals surface area (Å²) in [6.45, 7) is 0.647. The van der Waals surface area contributed by atoms with E-state index in [1.165, 1.54) is 12.1 Å². The van der Waals surface area contributed by atoms with Gasteiger partial charge in [0.05, 0.1) is 5.92 Å². The second-order valence-corrected chi connectivity index (χ2v) is 7.33. The molecule has 0 aliphatic rings. The maximum Gasteiger partial charge on any atom is 0.251 e. The lowest BCUT2D eigenvalue weighted by Crippen LogP contribution is -2.37. The standard InChI is InChI=1S/C22H21FN2O2S/c23-18-10-8-16(9-11-18)20(15-19-7-4-14-28-19)22(27)25-13-12-24-21(26)17-5-2-1-3-6-17/h1-11,14,20H,12-13,15H2,(H,24,26)(H,25,27). The Balaban J connectivity index is 1.56. The molecule has 0 saturated carbocycles. The fourth-order valence-corrected chi connectivity index (χ4v) is 3.62. The highest BCUT2D eigenvalue weighted by Gasteiger charge is 2.21. The van der Waals surface area contributed by atoms with Crippen molar-refractivity contribution in [2.75, 3.05) is 13.1 Å². The molecule has 4 nitrogen and oxygen atoms in total. The van der Waals surface area contributed by atoms with Crippen molar-refractivity contribution in [1.82, 2.24) is 10.6 Å². The van der Waals surface area contributed by atoms with Crippen LogP contribution in [-0.4, -0.2) is 24.9 Å². The first kappa shape index (κ1) is 19.8.